The van der Waals surface area contributed by atoms with Gasteiger partial charge in [0, 0.05) is 25.8 Å². The second-order valence-corrected chi connectivity index (χ2v) is 4.63. The Bertz CT molecular complexity index is 521. The molecule has 1 amide bonds. The fraction of sp³-hybridized carbons (Fsp3) is 0.538. The number of nitrogen functional groups attached to an aromatic ring is 1. The molecule has 1 atom stereocenters. The molecule has 0 fully saturated rings. The third kappa shape index (κ3) is 4.12. The molecule has 0 radical (unpaired) electrons. The largest absolute Gasteiger partial charge is 0.383 e. The summed E-state index contributed by atoms with van der Waals surface area (Å²) >= 11 is 0. The van der Waals surface area contributed by atoms with Crippen LogP contribution in [0.25, 0.3) is 0 Å². The zero-order valence-corrected chi connectivity index (χ0v) is 12.4. The lowest BCUT2D eigenvalue weighted by atomic mass is 10.1. The number of carbonyl (C=O) groups excluding carboxylic acids is 1. The number of aromatic nitrogens is 1. The van der Waals surface area contributed by atoms with Gasteiger partial charge in [-0.1, -0.05) is 6.92 Å². The first-order valence-corrected chi connectivity index (χ1v) is 6.62. The first kappa shape index (κ1) is 16.8. The summed E-state index contributed by atoms with van der Waals surface area (Å²) in [5.41, 5.74) is 5.47. The lowest BCUT2D eigenvalue weighted by Gasteiger charge is -2.28. The molecule has 0 saturated carbocycles. The highest BCUT2D eigenvalue weighted by atomic mass is 16.6. The quantitative estimate of drug-likeness (QED) is 0.602. The maximum absolute atomic E-state index is 12.6. The normalized spacial score (nSPS) is 12.0. The summed E-state index contributed by atoms with van der Waals surface area (Å²) in [6, 6.07) is 1.12. The molecular weight excluding hydrogens is 276 g/mol. The Morgan fingerprint density at radius 2 is 2.29 bits per heavy atom. The zero-order valence-electron chi connectivity index (χ0n) is 12.4. The van der Waals surface area contributed by atoms with E-state index < -0.39 is 4.92 Å². The fourth-order valence-corrected chi connectivity index (χ4v) is 1.82. The molecule has 0 saturated heterocycles. The molecule has 1 unspecified atom stereocenters. The summed E-state index contributed by atoms with van der Waals surface area (Å²) in [6.07, 6.45) is 1.78. The predicted molar refractivity (Wildman–Crippen MR) is 78.0 cm³/mol. The molecule has 0 bridgehead atoms. The van der Waals surface area contributed by atoms with Crippen molar-refractivity contribution in [1.29, 1.82) is 0 Å². The van der Waals surface area contributed by atoms with Crippen LogP contribution in [0.5, 0.6) is 0 Å². The molecule has 0 aliphatic carbocycles. The van der Waals surface area contributed by atoms with E-state index >= 15 is 0 Å². The van der Waals surface area contributed by atoms with E-state index in [2.05, 4.69) is 4.98 Å². The molecule has 21 heavy (non-hydrogen) atoms. The molecule has 1 rings (SSSR count). The van der Waals surface area contributed by atoms with Gasteiger partial charge in [0.25, 0.3) is 11.6 Å². The van der Waals surface area contributed by atoms with Gasteiger partial charge >= 0.3 is 0 Å². The predicted octanol–water partition coefficient (Wildman–Crippen LogP) is 1.46. The van der Waals surface area contributed by atoms with Crippen LogP contribution in [0.3, 0.4) is 0 Å². The van der Waals surface area contributed by atoms with Gasteiger partial charge in [-0.3, -0.25) is 14.9 Å². The van der Waals surface area contributed by atoms with Crippen LogP contribution >= 0.6 is 0 Å². The van der Waals surface area contributed by atoms with Gasteiger partial charge in [-0.25, -0.2) is 4.98 Å². The number of methoxy groups -OCH3 is 1. The number of hydrogen-bond donors (Lipinski definition) is 1. The maximum Gasteiger partial charge on any atom is 0.288 e. The Morgan fingerprint density at radius 3 is 2.81 bits per heavy atom. The lowest BCUT2D eigenvalue weighted by Crippen LogP contribution is -2.40. The van der Waals surface area contributed by atoms with Crippen molar-refractivity contribution in [1.82, 2.24) is 9.88 Å². The van der Waals surface area contributed by atoms with Gasteiger partial charge in [0.2, 0.25) is 0 Å². The Kier molecular flexibility index (Phi) is 6.04. The van der Waals surface area contributed by atoms with Crippen LogP contribution in [-0.4, -0.2) is 47.0 Å². The molecule has 0 spiro atoms. The molecule has 0 aliphatic rings. The number of nitrogens with zero attached hydrogens (tertiary/aromatic N) is 3. The van der Waals surface area contributed by atoms with Crippen LogP contribution in [0.4, 0.5) is 11.5 Å². The second kappa shape index (κ2) is 7.53. The molecule has 8 heteroatoms. The van der Waals surface area contributed by atoms with Gasteiger partial charge in [-0.15, -0.1) is 0 Å². The monoisotopic (exact) mass is 296 g/mol. The zero-order chi connectivity index (χ0) is 16.0. The Labute approximate surface area is 123 Å². The Morgan fingerprint density at radius 1 is 1.62 bits per heavy atom. The summed E-state index contributed by atoms with van der Waals surface area (Å²) in [4.78, 5) is 28.1. The van der Waals surface area contributed by atoms with Crippen molar-refractivity contribution in [2.45, 2.75) is 26.3 Å². The van der Waals surface area contributed by atoms with Crippen LogP contribution in [-0.2, 0) is 4.74 Å². The molecule has 0 aliphatic heterocycles. The van der Waals surface area contributed by atoms with Gasteiger partial charge in [0.1, 0.15) is 12.0 Å². The van der Waals surface area contributed by atoms with Gasteiger partial charge in [0.15, 0.2) is 0 Å². The molecule has 2 N–H and O–H groups in total. The summed E-state index contributed by atoms with van der Waals surface area (Å²) in [7, 11) is 1.54. The van der Waals surface area contributed by atoms with Gasteiger partial charge in [-0.05, 0) is 13.3 Å². The molecule has 0 aromatic carbocycles. The van der Waals surface area contributed by atoms with Crippen LogP contribution in [0.2, 0.25) is 0 Å². The average Bonchev–Trinajstić information content (AvgIpc) is 2.47. The van der Waals surface area contributed by atoms with Crippen molar-refractivity contribution >= 4 is 17.4 Å². The third-order valence-electron chi connectivity index (χ3n) is 3.27. The summed E-state index contributed by atoms with van der Waals surface area (Å²) in [5.74, 6) is -0.397. The molecule has 8 nitrogen and oxygen atoms in total. The SMILES string of the molecule is CCC(C)N(CCOC)C(=O)c1cc([N+](=O)[O-])cnc1N. The van der Waals surface area contributed by atoms with Crippen LogP contribution in [0.15, 0.2) is 12.3 Å². The average molecular weight is 296 g/mol. The first-order valence-electron chi connectivity index (χ1n) is 6.62. The topological polar surface area (TPSA) is 112 Å². The van der Waals surface area contributed by atoms with Crippen molar-refractivity contribution in [3.63, 3.8) is 0 Å². The Hall–Kier alpha value is -2.22. The van der Waals surface area contributed by atoms with E-state index in [1.165, 1.54) is 0 Å². The highest BCUT2D eigenvalue weighted by Gasteiger charge is 2.24. The van der Waals surface area contributed by atoms with Crippen LogP contribution in [0, 0.1) is 10.1 Å². The van der Waals surface area contributed by atoms with Crippen LogP contribution < -0.4 is 5.73 Å². The summed E-state index contributed by atoms with van der Waals surface area (Å²) in [5, 5.41) is 10.8. The molecule has 1 aromatic rings. The van der Waals surface area contributed by atoms with E-state index in [-0.39, 0.29) is 29.0 Å². The fourth-order valence-electron chi connectivity index (χ4n) is 1.82. The number of nitrogens with two attached hydrogens (primary N) is 1. The number of carbonyl (C=O) groups is 1. The minimum absolute atomic E-state index is 0.0173. The summed E-state index contributed by atoms with van der Waals surface area (Å²) in [6.45, 7) is 4.60. The Balaban J connectivity index is 3.12. The standard InChI is InChI=1S/C13H20N4O4/c1-4-9(2)16(5-6-21-3)13(18)11-7-10(17(19)20)8-15-12(11)14/h7-9H,4-6H2,1-3H3,(H2,14,15). The third-order valence-corrected chi connectivity index (χ3v) is 3.27. The highest BCUT2D eigenvalue weighted by molar-refractivity contribution is 5.99. The lowest BCUT2D eigenvalue weighted by molar-refractivity contribution is -0.385. The van der Waals surface area contributed by atoms with Gasteiger partial charge < -0.3 is 15.4 Å². The van der Waals surface area contributed by atoms with E-state index in [0.29, 0.717) is 13.2 Å². The van der Waals surface area contributed by atoms with Crippen molar-refractivity contribution in [3.05, 3.63) is 27.9 Å². The summed E-state index contributed by atoms with van der Waals surface area (Å²) < 4.78 is 5.00. The van der Waals surface area contributed by atoms with E-state index in [1.807, 2.05) is 13.8 Å². The van der Waals surface area contributed by atoms with E-state index in [1.54, 1.807) is 12.0 Å². The maximum atomic E-state index is 12.6. The number of pyridine rings is 1. The number of hydrogen-bond acceptors (Lipinski definition) is 6. The first-order chi connectivity index (χ1) is 9.92. The van der Waals surface area contributed by atoms with E-state index in [4.69, 9.17) is 10.5 Å². The number of anilines is 1. The highest BCUT2D eigenvalue weighted by Crippen LogP contribution is 2.20. The molecular formula is C13H20N4O4. The number of amides is 1. The number of nitro groups is 1. The molecule has 1 aromatic heterocycles. The molecule has 1 heterocycles. The minimum Gasteiger partial charge on any atom is -0.383 e. The minimum atomic E-state index is -0.605. The van der Waals surface area contributed by atoms with Crippen molar-refractivity contribution < 1.29 is 14.5 Å². The van der Waals surface area contributed by atoms with E-state index in [9.17, 15) is 14.9 Å². The smallest absolute Gasteiger partial charge is 0.288 e. The van der Waals surface area contributed by atoms with Gasteiger partial charge in [0.05, 0.1) is 17.1 Å². The van der Waals surface area contributed by atoms with Crippen molar-refractivity contribution in [3.8, 4) is 0 Å². The second-order valence-electron chi connectivity index (χ2n) is 4.63. The van der Waals surface area contributed by atoms with Crippen LogP contribution in [0.1, 0.15) is 30.6 Å². The molecule has 116 valence electrons. The van der Waals surface area contributed by atoms with Crippen molar-refractivity contribution in [2.75, 3.05) is 26.0 Å². The van der Waals surface area contributed by atoms with Gasteiger partial charge in [-0.2, -0.15) is 0 Å². The van der Waals surface area contributed by atoms with Crippen molar-refractivity contribution in [2.24, 2.45) is 0 Å². The van der Waals surface area contributed by atoms with E-state index in [0.717, 1.165) is 18.7 Å². The number of ether oxygens (including phenoxy) is 1. The number of rotatable bonds is 7.